The van der Waals surface area contributed by atoms with Crippen molar-refractivity contribution in [2.24, 2.45) is 5.92 Å². The minimum atomic E-state index is -3.23. The third-order valence-corrected chi connectivity index (χ3v) is 7.09. The third-order valence-electron chi connectivity index (χ3n) is 5.96. The van der Waals surface area contributed by atoms with Crippen LogP contribution in [0.2, 0.25) is 0 Å². The van der Waals surface area contributed by atoms with Crippen molar-refractivity contribution in [2.75, 3.05) is 18.6 Å². The Balaban J connectivity index is 1.57. The van der Waals surface area contributed by atoms with Crippen LogP contribution in [0.3, 0.4) is 0 Å². The van der Waals surface area contributed by atoms with E-state index in [1.54, 1.807) is 31.3 Å². The van der Waals surface area contributed by atoms with E-state index in [9.17, 15) is 13.2 Å². The summed E-state index contributed by atoms with van der Waals surface area (Å²) < 4.78 is 23.3. The molecule has 4 rings (SSSR count). The van der Waals surface area contributed by atoms with Crippen molar-refractivity contribution >= 4 is 38.0 Å². The highest BCUT2D eigenvalue weighted by atomic mass is 32.2. The number of fused-ring (bicyclic) bond motifs is 1. The normalized spacial score (nSPS) is 19.2. The van der Waals surface area contributed by atoms with Crippen molar-refractivity contribution in [3.8, 4) is 0 Å². The van der Waals surface area contributed by atoms with E-state index < -0.39 is 9.84 Å². The number of hydrogen-bond acceptors (Lipinski definition) is 6. The first kappa shape index (κ1) is 21.2. The Hall–Kier alpha value is -3.00. The molecule has 0 radical (unpaired) electrons. The molecule has 31 heavy (non-hydrogen) atoms. The second-order valence-corrected chi connectivity index (χ2v) is 10.1. The number of hydrogen-bond donors (Lipinski definition) is 2. The van der Waals surface area contributed by atoms with Crippen molar-refractivity contribution in [2.45, 2.75) is 36.5 Å². The van der Waals surface area contributed by atoms with Crippen LogP contribution in [0.4, 0.5) is 11.5 Å². The summed E-state index contributed by atoms with van der Waals surface area (Å²) in [6.07, 6.45) is 8.43. The van der Waals surface area contributed by atoms with Crippen LogP contribution in [0.15, 0.2) is 53.7 Å². The highest BCUT2D eigenvalue weighted by Gasteiger charge is 2.28. The lowest BCUT2D eigenvalue weighted by Gasteiger charge is -2.27. The van der Waals surface area contributed by atoms with Gasteiger partial charge in [0.05, 0.1) is 10.6 Å². The van der Waals surface area contributed by atoms with Crippen molar-refractivity contribution in [3.63, 3.8) is 0 Å². The van der Waals surface area contributed by atoms with Gasteiger partial charge in [-0.1, -0.05) is 0 Å². The van der Waals surface area contributed by atoms with Crippen molar-refractivity contribution in [1.82, 2.24) is 15.3 Å². The smallest absolute Gasteiger partial charge is 0.222 e. The first-order chi connectivity index (χ1) is 14.8. The van der Waals surface area contributed by atoms with Gasteiger partial charge in [-0.3, -0.25) is 9.78 Å². The molecule has 1 aliphatic carbocycles. The van der Waals surface area contributed by atoms with E-state index in [0.29, 0.717) is 11.7 Å². The Morgan fingerprint density at radius 2 is 1.74 bits per heavy atom. The zero-order valence-corrected chi connectivity index (χ0v) is 18.4. The fraction of sp³-hybridized carbons (Fsp3) is 0.348. The number of nitrogens with one attached hydrogen (secondary N) is 2. The summed E-state index contributed by atoms with van der Waals surface area (Å²) in [5.41, 5.74) is 1.81. The van der Waals surface area contributed by atoms with Crippen LogP contribution in [-0.4, -0.2) is 37.6 Å². The minimum absolute atomic E-state index is 0.0880. The summed E-state index contributed by atoms with van der Waals surface area (Å²) in [5.74, 6) is 1.20. The van der Waals surface area contributed by atoms with Gasteiger partial charge >= 0.3 is 0 Å². The van der Waals surface area contributed by atoms with E-state index in [2.05, 4.69) is 20.6 Å². The number of amides is 1. The summed E-state index contributed by atoms with van der Waals surface area (Å²) in [5, 5.41) is 8.08. The molecule has 0 saturated heterocycles. The van der Waals surface area contributed by atoms with E-state index in [1.165, 1.54) is 6.26 Å². The predicted molar refractivity (Wildman–Crippen MR) is 121 cm³/mol. The molecule has 1 saturated carbocycles. The zero-order chi connectivity index (χ0) is 22.0. The van der Waals surface area contributed by atoms with E-state index >= 15 is 0 Å². The quantitative estimate of drug-likeness (QED) is 0.628. The molecule has 1 fully saturated rings. The number of carbonyl (C=O) groups excluding carboxylic acids is 1. The maximum atomic E-state index is 11.9. The molecule has 0 bridgehead atoms. The Kier molecular flexibility index (Phi) is 5.91. The van der Waals surface area contributed by atoms with Crippen molar-refractivity contribution in [3.05, 3.63) is 54.5 Å². The highest BCUT2D eigenvalue weighted by Crippen LogP contribution is 2.38. The van der Waals surface area contributed by atoms with E-state index in [4.69, 9.17) is 0 Å². The number of aromatic nitrogens is 2. The minimum Gasteiger partial charge on any atom is -0.359 e. The van der Waals surface area contributed by atoms with Gasteiger partial charge in [-0.15, -0.1) is 0 Å². The van der Waals surface area contributed by atoms with Crippen LogP contribution in [0.25, 0.3) is 10.8 Å². The van der Waals surface area contributed by atoms with Gasteiger partial charge in [0.2, 0.25) is 5.91 Å². The monoisotopic (exact) mass is 438 g/mol. The van der Waals surface area contributed by atoms with Gasteiger partial charge in [0.1, 0.15) is 5.82 Å². The summed E-state index contributed by atoms with van der Waals surface area (Å²) >= 11 is 0. The van der Waals surface area contributed by atoms with Crippen molar-refractivity contribution in [1.29, 1.82) is 0 Å². The number of anilines is 2. The summed E-state index contributed by atoms with van der Waals surface area (Å²) in [6, 6.07) is 10.6. The molecule has 1 amide bonds. The number of carbonyl (C=O) groups is 1. The lowest BCUT2D eigenvalue weighted by atomic mass is 9.79. The van der Waals surface area contributed by atoms with Gasteiger partial charge in [-0.25, -0.2) is 13.4 Å². The van der Waals surface area contributed by atoms with E-state index in [1.807, 2.05) is 24.5 Å². The van der Waals surface area contributed by atoms with Gasteiger partial charge in [0.15, 0.2) is 9.84 Å². The molecule has 0 aliphatic heterocycles. The molecule has 2 N–H and O–H groups in total. The molecule has 3 aromatic rings. The molecule has 0 spiro atoms. The second kappa shape index (κ2) is 8.63. The fourth-order valence-electron chi connectivity index (χ4n) is 4.25. The fourth-order valence-corrected chi connectivity index (χ4v) is 4.88. The Bertz CT molecular complexity index is 1200. The molecule has 0 atom stereocenters. The zero-order valence-electron chi connectivity index (χ0n) is 17.6. The van der Waals surface area contributed by atoms with Gasteiger partial charge in [0, 0.05) is 54.0 Å². The third kappa shape index (κ3) is 4.69. The SMILES string of the molecule is CNC(=O)C1CCC(c2nccc3cnc(Nc4ccc(S(C)(=O)=O)cc4)cc23)CC1. The molecular formula is C23H26N4O3S. The average Bonchev–Trinajstić information content (AvgIpc) is 2.78. The maximum absolute atomic E-state index is 11.9. The summed E-state index contributed by atoms with van der Waals surface area (Å²) in [4.78, 5) is 21.4. The molecule has 2 aromatic heterocycles. The van der Waals surface area contributed by atoms with Gasteiger partial charge in [-0.2, -0.15) is 0 Å². The lowest BCUT2D eigenvalue weighted by molar-refractivity contribution is -0.125. The van der Waals surface area contributed by atoms with Crippen LogP contribution in [-0.2, 0) is 14.6 Å². The molecular weight excluding hydrogens is 412 g/mol. The van der Waals surface area contributed by atoms with Crippen LogP contribution >= 0.6 is 0 Å². The standard InChI is InChI=1S/C23H26N4O3S/c1-24-23(28)16-5-3-15(4-6-16)22-20-13-21(26-14-17(20)11-12-25-22)27-18-7-9-19(10-8-18)31(2,29)30/h7-16H,3-6H2,1-2H3,(H,24,28)(H,26,27). The Labute approximate surface area is 182 Å². The topological polar surface area (TPSA) is 101 Å². The first-order valence-corrected chi connectivity index (χ1v) is 12.3. The molecule has 1 aliphatic rings. The largest absolute Gasteiger partial charge is 0.359 e. The number of pyridine rings is 2. The lowest BCUT2D eigenvalue weighted by Crippen LogP contribution is -2.30. The Morgan fingerprint density at radius 1 is 1.03 bits per heavy atom. The summed E-state index contributed by atoms with van der Waals surface area (Å²) in [7, 11) is -1.54. The highest BCUT2D eigenvalue weighted by molar-refractivity contribution is 7.90. The average molecular weight is 439 g/mol. The van der Waals surface area contributed by atoms with Gasteiger partial charge in [-0.05, 0) is 62.1 Å². The predicted octanol–water partition coefficient (Wildman–Crippen LogP) is 3.80. The Morgan fingerprint density at radius 3 is 2.39 bits per heavy atom. The van der Waals surface area contributed by atoms with Crippen molar-refractivity contribution < 1.29 is 13.2 Å². The second-order valence-electron chi connectivity index (χ2n) is 8.07. The number of sulfone groups is 1. The number of benzene rings is 1. The van der Waals surface area contributed by atoms with E-state index in [0.717, 1.165) is 47.8 Å². The van der Waals surface area contributed by atoms with Crippen LogP contribution < -0.4 is 10.6 Å². The van der Waals surface area contributed by atoms with Crippen LogP contribution in [0.5, 0.6) is 0 Å². The molecule has 162 valence electrons. The molecule has 8 heteroatoms. The first-order valence-electron chi connectivity index (χ1n) is 10.4. The number of nitrogens with zero attached hydrogens (tertiary/aromatic N) is 2. The number of rotatable bonds is 5. The molecule has 1 aromatic carbocycles. The molecule has 2 heterocycles. The van der Waals surface area contributed by atoms with Crippen LogP contribution in [0.1, 0.15) is 37.3 Å². The van der Waals surface area contributed by atoms with Gasteiger partial charge < -0.3 is 10.6 Å². The van der Waals surface area contributed by atoms with E-state index in [-0.39, 0.29) is 16.7 Å². The molecule has 0 unspecified atom stereocenters. The molecule has 7 nitrogen and oxygen atoms in total. The van der Waals surface area contributed by atoms with Crippen LogP contribution in [0, 0.1) is 5.92 Å². The van der Waals surface area contributed by atoms with Gasteiger partial charge in [0.25, 0.3) is 0 Å². The summed E-state index contributed by atoms with van der Waals surface area (Å²) in [6.45, 7) is 0. The maximum Gasteiger partial charge on any atom is 0.222 e.